The summed E-state index contributed by atoms with van der Waals surface area (Å²) in [4.78, 5) is 15.1. The zero-order chi connectivity index (χ0) is 16.4. The van der Waals surface area contributed by atoms with E-state index in [0.717, 1.165) is 38.6 Å². The molecule has 0 saturated carbocycles. The third-order valence-corrected chi connectivity index (χ3v) is 5.69. The van der Waals surface area contributed by atoms with Gasteiger partial charge in [0.1, 0.15) is 0 Å². The minimum atomic E-state index is 0.357. The maximum absolute atomic E-state index is 12.9. The molecular weight excluding hydrogens is 294 g/mol. The minimum Gasteiger partial charge on any atom is -0.339 e. The van der Waals surface area contributed by atoms with Crippen molar-refractivity contribution < 1.29 is 4.79 Å². The topological polar surface area (TPSA) is 20.3 Å². The molecule has 2 heteroatoms. The van der Waals surface area contributed by atoms with Crippen LogP contribution >= 0.6 is 0 Å². The molecule has 0 spiro atoms. The van der Waals surface area contributed by atoms with Crippen LogP contribution in [0, 0.1) is 0 Å². The number of likely N-dealkylation sites (tertiary alicyclic amines) is 1. The van der Waals surface area contributed by atoms with Crippen LogP contribution in [0.3, 0.4) is 0 Å². The molecule has 24 heavy (non-hydrogen) atoms. The zero-order valence-electron chi connectivity index (χ0n) is 14.2. The summed E-state index contributed by atoms with van der Waals surface area (Å²) >= 11 is 0. The van der Waals surface area contributed by atoms with E-state index in [1.807, 2.05) is 0 Å². The zero-order valence-corrected chi connectivity index (χ0v) is 14.2. The fourth-order valence-electron chi connectivity index (χ4n) is 4.45. The summed E-state index contributed by atoms with van der Waals surface area (Å²) in [6, 6.07) is 19.6. The molecule has 2 aromatic rings. The summed E-state index contributed by atoms with van der Waals surface area (Å²) in [5.41, 5.74) is 4.19. The van der Waals surface area contributed by atoms with Gasteiger partial charge in [0, 0.05) is 19.0 Å². The molecular formula is C22H25NO. The van der Waals surface area contributed by atoms with Crippen LogP contribution in [0.25, 0.3) is 0 Å². The Labute approximate surface area is 144 Å². The SMILES string of the molecule is O=C(CC1CCc2ccccc21)N1CCCC1Cc1ccccc1. The molecule has 0 radical (unpaired) electrons. The number of benzene rings is 2. The monoisotopic (exact) mass is 319 g/mol. The molecule has 1 fully saturated rings. The molecule has 2 nitrogen and oxygen atoms in total. The first-order valence-electron chi connectivity index (χ1n) is 9.22. The Hall–Kier alpha value is -2.09. The van der Waals surface area contributed by atoms with Gasteiger partial charge in [0.05, 0.1) is 0 Å². The number of hydrogen-bond donors (Lipinski definition) is 0. The Bertz CT molecular complexity index is 709. The molecule has 4 rings (SSSR count). The van der Waals surface area contributed by atoms with Gasteiger partial charge in [0.15, 0.2) is 0 Å². The molecule has 2 aromatic carbocycles. The first-order chi connectivity index (χ1) is 11.8. The molecule has 2 atom stereocenters. The third-order valence-electron chi connectivity index (χ3n) is 5.69. The lowest BCUT2D eigenvalue weighted by atomic mass is 9.96. The lowest BCUT2D eigenvalue weighted by Crippen LogP contribution is -2.37. The van der Waals surface area contributed by atoms with Crippen molar-refractivity contribution in [2.24, 2.45) is 0 Å². The van der Waals surface area contributed by atoms with Crippen molar-refractivity contribution in [3.63, 3.8) is 0 Å². The van der Waals surface area contributed by atoms with Crippen LogP contribution in [0.1, 0.15) is 48.3 Å². The Kier molecular flexibility index (Phi) is 4.38. The van der Waals surface area contributed by atoms with Crippen molar-refractivity contribution in [2.45, 2.75) is 50.5 Å². The van der Waals surface area contributed by atoms with Crippen LogP contribution < -0.4 is 0 Å². The van der Waals surface area contributed by atoms with Gasteiger partial charge in [-0.05, 0) is 54.7 Å². The molecule has 0 aromatic heterocycles. The Morgan fingerprint density at radius 3 is 2.67 bits per heavy atom. The summed E-state index contributed by atoms with van der Waals surface area (Å²) in [7, 11) is 0. The standard InChI is InChI=1S/C22H25NO/c24-22(16-19-13-12-18-9-4-5-11-21(18)19)23-14-6-10-20(23)15-17-7-2-1-3-8-17/h1-5,7-9,11,19-20H,6,10,12-16H2. The number of carbonyl (C=O) groups excluding carboxylic acids is 1. The Morgan fingerprint density at radius 2 is 1.79 bits per heavy atom. The smallest absolute Gasteiger partial charge is 0.223 e. The number of amides is 1. The van der Waals surface area contributed by atoms with E-state index >= 15 is 0 Å². The number of nitrogens with zero attached hydrogens (tertiary/aromatic N) is 1. The van der Waals surface area contributed by atoms with E-state index in [1.54, 1.807) is 0 Å². The van der Waals surface area contributed by atoms with Gasteiger partial charge in [-0.1, -0.05) is 54.6 Å². The normalized spacial score (nSPS) is 22.6. The van der Waals surface area contributed by atoms with Gasteiger partial charge in [-0.15, -0.1) is 0 Å². The highest BCUT2D eigenvalue weighted by Crippen LogP contribution is 2.36. The van der Waals surface area contributed by atoms with Gasteiger partial charge in [-0.25, -0.2) is 0 Å². The average molecular weight is 319 g/mol. The summed E-state index contributed by atoms with van der Waals surface area (Å²) < 4.78 is 0. The second-order valence-corrected chi connectivity index (χ2v) is 7.21. The molecule has 1 heterocycles. The van der Waals surface area contributed by atoms with E-state index in [9.17, 15) is 4.79 Å². The number of carbonyl (C=O) groups is 1. The van der Waals surface area contributed by atoms with E-state index in [2.05, 4.69) is 59.5 Å². The maximum Gasteiger partial charge on any atom is 0.223 e. The van der Waals surface area contributed by atoms with Crippen molar-refractivity contribution in [3.8, 4) is 0 Å². The molecule has 2 unspecified atom stereocenters. The van der Waals surface area contributed by atoms with Crippen molar-refractivity contribution in [1.82, 2.24) is 4.90 Å². The first-order valence-corrected chi connectivity index (χ1v) is 9.22. The summed E-state index contributed by atoms with van der Waals surface area (Å²) in [5.74, 6) is 0.779. The van der Waals surface area contributed by atoms with Crippen molar-refractivity contribution in [3.05, 3.63) is 71.3 Å². The molecule has 1 aliphatic heterocycles. The van der Waals surface area contributed by atoms with Gasteiger partial charge >= 0.3 is 0 Å². The number of rotatable bonds is 4. The van der Waals surface area contributed by atoms with Gasteiger partial charge in [0.2, 0.25) is 5.91 Å². The molecule has 2 aliphatic rings. The third kappa shape index (κ3) is 3.10. The van der Waals surface area contributed by atoms with E-state index in [1.165, 1.54) is 16.7 Å². The van der Waals surface area contributed by atoms with Crippen LogP contribution in [0.4, 0.5) is 0 Å². The quantitative estimate of drug-likeness (QED) is 0.821. The Morgan fingerprint density at radius 1 is 1.00 bits per heavy atom. The fourth-order valence-corrected chi connectivity index (χ4v) is 4.45. The summed E-state index contributed by atoms with van der Waals surface area (Å²) in [5, 5.41) is 0. The Balaban J connectivity index is 1.42. The predicted molar refractivity (Wildman–Crippen MR) is 97.0 cm³/mol. The number of hydrogen-bond acceptors (Lipinski definition) is 1. The molecule has 1 saturated heterocycles. The second-order valence-electron chi connectivity index (χ2n) is 7.21. The second kappa shape index (κ2) is 6.80. The van der Waals surface area contributed by atoms with Gasteiger partial charge in [-0.2, -0.15) is 0 Å². The first kappa shape index (κ1) is 15.4. The van der Waals surface area contributed by atoms with Gasteiger partial charge in [0.25, 0.3) is 0 Å². The highest BCUT2D eigenvalue weighted by atomic mass is 16.2. The highest BCUT2D eigenvalue weighted by molar-refractivity contribution is 5.78. The summed E-state index contributed by atoms with van der Waals surface area (Å²) in [6.45, 7) is 0.935. The molecule has 1 aliphatic carbocycles. The van der Waals surface area contributed by atoms with Crippen molar-refractivity contribution >= 4 is 5.91 Å². The highest BCUT2D eigenvalue weighted by Gasteiger charge is 2.32. The van der Waals surface area contributed by atoms with E-state index < -0.39 is 0 Å². The van der Waals surface area contributed by atoms with Gasteiger partial charge < -0.3 is 4.90 Å². The van der Waals surface area contributed by atoms with Crippen LogP contribution in [0.15, 0.2) is 54.6 Å². The lowest BCUT2D eigenvalue weighted by molar-refractivity contribution is -0.132. The van der Waals surface area contributed by atoms with E-state index in [4.69, 9.17) is 0 Å². The molecule has 0 N–H and O–H groups in total. The van der Waals surface area contributed by atoms with Crippen LogP contribution in [0.2, 0.25) is 0 Å². The predicted octanol–water partition coefficient (Wildman–Crippen LogP) is 4.34. The number of fused-ring (bicyclic) bond motifs is 1. The molecule has 124 valence electrons. The fraction of sp³-hybridized carbons (Fsp3) is 0.409. The maximum atomic E-state index is 12.9. The van der Waals surface area contributed by atoms with Crippen molar-refractivity contribution in [2.75, 3.05) is 6.54 Å². The lowest BCUT2D eigenvalue weighted by Gasteiger charge is -2.26. The molecule has 0 bridgehead atoms. The van der Waals surface area contributed by atoms with E-state index in [0.29, 0.717) is 24.3 Å². The molecule has 1 amide bonds. The largest absolute Gasteiger partial charge is 0.339 e. The number of aryl methyl sites for hydroxylation is 1. The average Bonchev–Trinajstić information content (AvgIpc) is 3.23. The summed E-state index contributed by atoms with van der Waals surface area (Å²) in [6.07, 6.45) is 6.21. The van der Waals surface area contributed by atoms with E-state index in [-0.39, 0.29) is 0 Å². The van der Waals surface area contributed by atoms with Crippen LogP contribution in [0.5, 0.6) is 0 Å². The van der Waals surface area contributed by atoms with Crippen LogP contribution in [-0.4, -0.2) is 23.4 Å². The minimum absolute atomic E-state index is 0.357. The van der Waals surface area contributed by atoms with Crippen molar-refractivity contribution in [1.29, 1.82) is 0 Å². The van der Waals surface area contributed by atoms with Crippen LogP contribution in [-0.2, 0) is 17.6 Å². The van der Waals surface area contributed by atoms with Gasteiger partial charge in [-0.3, -0.25) is 4.79 Å².